The van der Waals surface area contributed by atoms with Crippen molar-refractivity contribution in [3.8, 4) is 0 Å². The van der Waals surface area contributed by atoms with Gasteiger partial charge in [0.15, 0.2) is 0 Å². The molecule has 0 spiro atoms. The van der Waals surface area contributed by atoms with Crippen molar-refractivity contribution in [1.82, 2.24) is 5.32 Å². The molecule has 0 aliphatic carbocycles. The highest BCUT2D eigenvalue weighted by Crippen LogP contribution is 1.78. The molecule has 4 nitrogen and oxygen atoms in total. The van der Waals surface area contributed by atoms with Gasteiger partial charge in [-0.05, 0) is 0 Å². The predicted molar refractivity (Wildman–Crippen MR) is 32.0 cm³/mol. The van der Waals surface area contributed by atoms with Crippen molar-refractivity contribution >= 4 is 12.3 Å². The van der Waals surface area contributed by atoms with Crippen LogP contribution in [0, 0.1) is 0 Å². The van der Waals surface area contributed by atoms with Crippen LogP contribution in [0.5, 0.6) is 0 Å². The third-order valence-corrected chi connectivity index (χ3v) is 0.757. The summed E-state index contributed by atoms with van der Waals surface area (Å²) in [4.78, 5) is 19.8. The van der Waals surface area contributed by atoms with Gasteiger partial charge in [0.1, 0.15) is 6.04 Å². The fraction of sp³-hybridized carbons (Fsp3) is 0.200. The number of carbonyl (C=O) groups is 1. The second-order valence-electron chi connectivity index (χ2n) is 1.36. The molecule has 0 fully saturated rings. The summed E-state index contributed by atoms with van der Waals surface area (Å²) >= 11 is 0. The third kappa shape index (κ3) is 2.48. The number of carbonyl (C=O) groups excluding carboxylic acids is 2. The fourth-order valence-electron chi connectivity index (χ4n) is 0.310. The van der Waals surface area contributed by atoms with Gasteiger partial charge in [-0.1, -0.05) is 6.08 Å². The van der Waals surface area contributed by atoms with E-state index in [1.165, 1.54) is 12.5 Å². The molecule has 1 radical (unpaired) electrons. The Hall–Kier alpha value is -1.32. The fourth-order valence-corrected chi connectivity index (χ4v) is 0.310. The Morgan fingerprint density at radius 2 is 2.44 bits per heavy atom. The quantitative estimate of drug-likeness (QED) is 0.363. The van der Waals surface area contributed by atoms with Gasteiger partial charge in [0.2, 0.25) is 5.91 Å². The SMILES string of the molecule is C=CC(N[C]=O)C(N)=O. The van der Waals surface area contributed by atoms with Crippen LogP contribution in [0.4, 0.5) is 0 Å². The highest BCUT2D eigenvalue weighted by molar-refractivity contribution is 5.83. The zero-order chi connectivity index (χ0) is 7.28. The van der Waals surface area contributed by atoms with Gasteiger partial charge in [0.25, 0.3) is 0 Å². The van der Waals surface area contributed by atoms with Crippen LogP contribution in [0.3, 0.4) is 0 Å². The molecule has 0 aromatic carbocycles. The van der Waals surface area contributed by atoms with Crippen LogP contribution in [0.25, 0.3) is 0 Å². The molecule has 3 N–H and O–H groups in total. The van der Waals surface area contributed by atoms with E-state index >= 15 is 0 Å². The van der Waals surface area contributed by atoms with Crippen LogP contribution in [-0.4, -0.2) is 18.4 Å². The monoisotopic (exact) mass is 127 g/mol. The molecule has 9 heavy (non-hydrogen) atoms. The van der Waals surface area contributed by atoms with E-state index in [4.69, 9.17) is 5.73 Å². The maximum Gasteiger partial charge on any atom is 0.310 e. The smallest absolute Gasteiger partial charge is 0.310 e. The molecule has 0 saturated carbocycles. The minimum Gasteiger partial charge on any atom is -0.368 e. The maximum atomic E-state index is 10.2. The Balaban J connectivity index is 3.81. The number of hydrogen-bond donors (Lipinski definition) is 2. The van der Waals surface area contributed by atoms with E-state index < -0.39 is 11.9 Å². The summed E-state index contributed by atoms with van der Waals surface area (Å²) in [7, 11) is 0. The van der Waals surface area contributed by atoms with Gasteiger partial charge in [0.05, 0.1) is 0 Å². The molecule has 0 aliphatic heterocycles. The molecule has 1 atom stereocenters. The van der Waals surface area contributed by atoms with Crippen molar-refractivity contribution in [1.29, 1.82) is 0 Å². The average Bonchev–Trinajstić information content (AvgIpc) is 1.82. The number of amides is 2. The number of nitrogens with one attached hydrogen (secondary N) is 1. The molecule has 0 saturated heterocycles. The lowest BCUT2D eigenvalue weighted by Crippen LogP contribution is -2.38. The van der Waals surface area contributed by atoms with Crippen LogP contribution < -0.4 is 11.1 Å². The van der Waals surface area contributed by atoms with Gasteiger partial charge in [-0.25, -0.2) is 0 Å². The second kappa shape index (κ2) is 3.65. The number of rotatable bonds is 4. The summed E-state index contributed by atoms with van der Waals surface area (Å²) in [5, 5.41) is 2.03. The van der Waals surface area contributed by atoms with Crippen LogP contribution in [0.15, 0.2) is 12.7 Å². The van der Waals surface area contributed by atoms with E-state index in [0.717, 1.165) is 0 Å². The van der Waals surface area contributed by atoms with Crippen molar-refractivity contribution in [2.75, 3.05) is 0 Å². The Morgan fingerprint density at radius 1 is 1.89 bits per heavy atom. The summed E-state index contributed by atoms with van der Waals surface area (Å²) in [6, 6.07) is -0.803. The molecule has 2 amide bonds. The predicted octanol–water partition coefficient (Wildman–Crippen LogP) is -1.32. The largest absolute Gasteiger partial charge is 0.368 e. The van der Waals surface area contributed by atoms with Crippen LogP contribution in [0.1, 0.15) is 0 Å². The van der Waals surface area contributed by atoms with E-state index in [-0.39, 0.29) is 0 Å². The van der Waals surface area contributed by atoms with Crippen molar-refractivity contribution in [2.45, 2.75) is 6.04 Å². The first kappa shape index (κ1) is 7.68. The van der Waals surface area contributed by atoms with E-state index in [2.05, 4.69) is 6.58 Å². The van der Waals surface area contributed by atoms with Gasteiger partial charge in [-0.2, -0.15) is 0 Å². The summed E-state index contributed by atoms with van der Waals surface area (Å²) in [5.74, 6) is -0.645. The van der Waals surface area contributed by atoms with E-state index in [0.29, 0.717) is 0 Å². The molecule has 0 heterocycles. The lowest BCUT2D eigenvalue weighted by Gasteiger charge is -2.02. The molecular weight excluding hydrogens is 120 g/mol. The van der Waals surface area contributed by atoms with Crippen LogP contribution in [-0.2, 0) is 9.59 Å². The molecule has 49 valence electrons. The number of nitrogens with two attached hydrogens (primary N) is 1. The van der Waals surface area contributed by atoms with Gasteiger partial charge in [-0.15, -0.1) is 6.58 Å². The van der Waals surface area contributed by atoms with Crippen LogP contribution in [0.2, 0.25) is 0 Å². The van der Waals surface area contributed by atoms with Gasteiger partial charge in [0, 0.05) is 0 Å². The lowest BCUT2D eigenvalue weighted by molar-refractivity contribution is -0.118. The third-order valence-electron chi connectivity index (χ3n) is 0.757. The first-order chi connectivity index (χ1) is 4.22. The van der Waals surface area contributed by atoms with E-state index in [1.807, 2.05) is 5.32 Å². The molecule has 0 bridgehead atoms. The Bertz CT molecular complexity index is 133. The van der Waals surface area contributed by atoms with Gasteiger partial charge in [-0.3, -0.25) is 9.59 Å². The maximum absolute atomic E-state index is 10.2. The standard InChI is InChI=1S/C5H7N2O2/c1-2-4(5(6)9)7-3-8/h2,4H,1H2,(H2,6,9)(H,7,8). The first-order valence-corrected chi connectivity index (χ1v) is 2.27. The Labute approximate surface area is 52.7 Å². The van der Waals surface area contributed by atoms with Crippen molar-refractivity contribution in [3.63, 3.8) is 0 Å². The summed E-state index contributed by atoms with van der Waals surface area (Å²) in [6.07, 6.45) is 2.56. The van der Waals surface area contributed by atoms with Gasteiger partial charge < -0.3 is 11.1 Å². The molecule has 0 rings (SSSR count). The van der Waals surface area contributed by atoms with E-state index in [9.17, 15) is 9.59 Å². The van der Waals surface area contributed by atoms with Gasteiger partial charge >= 0.3 is 6.41 Å². The summed E-state index contributed by atoms with van der Waals surface area (Å²) in [5.41, 5.74) is 4.78. The summed E-state index contributed by atoms with van der Waals surface area (Å²) < 4.78 is 0. The second-order valence-corrected chi connectivity index (χ2v) is 1.36. The molecule has 0 aromatic rings. The van der Waals surface area contributed by atoms with Crippen molar-refractivity contribution in [3.05, 3.63) is 12.7 Å². The molecule has 0 aromatic heterocycles. The molecule has 0 aliphatic rings. The highest BCUT2D eigenvalue weighted by Gasteiger charge is 2.07. The van der Waals surface area contributed by atoms with E-state index in [1.54, 1.807) is 0 Å². The Morgan fingerprint density at radius 3 is 2.56 bits per heavy atom. The highest BCUT2D eigenvalue weighted by atomic mass is 16.2. The number of hydrogen-bond acceptors (Lipinski definition) is 2. The number of primary amides is 1. The van der Waals surface area contributed by atoms with Crippen LogP contribution >= 0.6 is 0 Å². The molecule has 1 unspecified atom stereocenters. The topological polar surface area (TPSA) is 72.2 Å². The van der Waals surface area contributed by atoms with Crippen molar-refractivity contribution < 1.29 is 9.59 Å². The lowest BCUT2D eigenvalue weighted by atomic mass is 10.3. The molecular formula is C5H7N2O2. The average molecular weight is 127 g/mol. The minimum atomic E-state index is -0.803. The summed E-state index contributed by atoms with van der Waals surface area (Å²) in [6.45, 7) is 3.26. The normalized spacial score (nSPS) is 11.6. The van der Waals surface area contributed by atoms with Crippen molar-refractivity contribution in [2.24, 2.45) is 5.73 Å². The molecule has 4 heteroatoms. The minimum absolute atomic E-state index is 0.645. The zero-order valence-corrected chi connectivity index (χ0v) is 4.76. The zero-order valence-electron chi connectivity index (χ0n) is 4.76. The Kier molecular flexibility index (Phi) is 3.12. The first-order valence-electron chi connectivity index (χ1n) is 2.27.